The summed E-state index contributed by atoms with van der Waals surface area (Å²) < 4.78 is 5.44. The first-order valence-corrected chi connectivity index (χ1v) is 7.95. The Morgan fingerprint density at radius 2 is 2.17 bits per heavy atom. The predicted molar refractivity (Wildman–Crippen MR) is 84.4 cm³/mol. The summed E-state index contributed by atoms with van der Waals surface area (Å²) in [6, 6.07) is -0.0372. The lowest BCUT2D eigenvalue weighted by atomic mass is 10.0. The van der Waals surface area contributed by atoms with Gasteiger partial charge in [-0.05, 0) is 33.6 Å². The molecule has 7 heteroatoms. The molecule has 2 unspecified atom stereocenters. The van der Waals surface area contributed by atoms with Crippen LogP contribution in [0.2, 0.25) is 0 Å². The molecule has 0 radical (unpaired) electrons. The van der Waals surface area contributed by atoms with E-state index in [0.717, 1.165) is 17.7 Å². The lowest BCUT2D eigenvalue weighted by Crippen LogP contribution is -3.07. The number of rotatable bonds is 1. The van der Waals surface area contributed by atoms with Crippen LogP contribution in [-0.2, 0) is 9.53 Å². The van der Waals surface area contributed by atoms with Crippen molar-refractivity contribution in [3.63, 3.8) is 0 Å². The average molecular weight is 319 g/mol. The first kappa shape index (κ1) is 15.7. The fourth-order valence-electron chi connectivity index (χ4n) is 2.97. The molecule has 124 valence electrons. The van der Waals surface area contributed by atoms with E-state index in [2.05, 4.69) is 4.99 Å². The molecule has 3 aliphatic rings. The van der Waals surface area contributed by atoms with E-state index in [-0.39, 0.29) is 18.0 Å². The van der Waals surface area contributed by atoms with Crippen molar-refractivity contribution < 1.29 is 19.2 Å². The monoisotopic (exact) mass is 319 g/mol. The fourth-order valence-corrected chi connectivity index (χ4v) is 2.97. The molecule has 23 heavy (non-hydrogen) atoms. The third-order valence-corrected chi connectivity index (χ3v) is 4.02. The molecule has 3 rings (SSSR count). The van der Waals surface area contributed by atoms with Gasteiger partial charge in [-0.2, -0.15) is 4.99 Å². The Morgan fingerprint density at radius 3 is 2.91 bits per heavy atom. The molecule has 0 spiro atoms. The lowest BCUT2D eigenvalue weighted by molar-refractivity contribution is -0.679. The second-order valence-corrected chi connectivity index (χ2v) is 7.00. The van der Waals surface area contributed by atoms with Gasteiger partial charge in [0.15, 0.2) is 0 Å². The van der Waals surface area contributed by atoms with Crippen molar-refractivity contribution in [3.05, 3.63) is 24.8 Å². The van der Waals surface area contributed by atoms with Crippen molar-refractivity contribution in [3.8, 4) is 0 Å². The SMILES string of the molecule is CC(C)(C)OC(=O)N1CCCC(N2C=C[NH+]3C=CN=C3C2=O)C1. The van der Waals surface area contributed by atoms with Crippen molar-refractivity contribution in [2.24, 2.45) is 4.99 Å². The maximum Gasteiger partial charge on any atom is 0.410 e. The second-order valence-electron chi connectivity index (χ2n) is 7.00. The molecule has 2 atom stereocenters. The molecule has 0 saturated carbocycles. The number of carbonyl (C=O) groups excluding carboxylic acids is 2. The predicted octanol–water partition coefficient (Wildman–Crippen LogP) is 0.468. The molecule has 2 amide bonds. The zero-order valence-electron chi connectivity index (χ0n) is 13.8. The Hall–Kier alpha value is -2.15. The minimum atomic E-state index is -0.515. The molecule has 0 aliphatic carbocycles. The molecule has 1 saturated heterocycles. The van der Waals surface area contributed by atoms with Crippen LogP contribution in [0.25, 0.3) is 0 Å². The zero-order chi connectivity index (χ0) is 16.6. The highest BCUT2D eigenvalue weighted by molar-refractivity contribution is 6.35. The molecular formula is C16H23N4O3+. The maximum absolute atomic E-state index is 12.6. The van der Waals surface area contributed by atoms with E-state index < -0.39 is 5.60 Å². The van der Waals surface area contributed by atoms with Crippen molar-refractivity contribution in [2.75, 3.05) is 13.1 Å². The summed E-state index contributed by atoms with van der Waals surface area (Å²) in [6.45, 7) is 6.71. The minimum Gasteiger partial charge on any atom is -0.444 e. The number of nitrogens with one attached hydrogen (secondary N) is 1. The van der Waals surface area contributed by atoms with Crippen LogP contribution in [0.4, 0.5) is 4.79 Å². The van der Waals surface area contributed by atoms with Crippen LogP contribution in [0.15, 0.2) is 29.8 Å². The molecule has 0 aromatic rings. The number of hydrogen-bond donors (Lipinski definition) is 1. The van der Waals surface area contributed by atoms with E-state index in [9.17, 15) is 9.59 Å². The van der Waals surface area contributed by atoms with Crippen LogP contribution < -0.4 is 4.90 Å². The van der Waals surface area contributed by atoms with Crippen LogP contribution in [0.5, 0.6) is 0 Å². The van der Waals surface area contributed by atoms with E-state index in [0.29, 0.717) is 18.9 Å². The molecule has 3 aliphatic heterocycles. The van der Waals surface area contributed by atoms with Gasteiger partial charge in [-0.25, -0.2) is 9.69 Å². The van der Waals surface area contributed by atoms with Crippen LogP contribution >= 0.6 is 0 Å². The van der Waals surface area contributed by atoms with Crippen LogP contribution in [0.1, 0.15) is 33.6 Å². The summed E-state index contributed by atoms with van der Waals surface area (Å²) in [4.78, 5) is 33.2. The number of amides is 2. The van der Waals surface area contributed by atoms with E-state index in [1.807, 2.05) is 33.2 Å². The van der Waals surface area contributed by atoms with Gasteiger partial charge in [-0.15, -0.1) is 0 Å². The summed E-state index contributed by atoms with van der Waals surface area (Å²) >= 11 is 0. The normalized spacial score (nSPS) is 27.1. The Morgan fingerprint density at radius 1 is 1.39 bits per heavy atom. The molecule has 1 N–H and O–H groups in total. The van der Waals surface area contributed by atoms with Gasteiger partial charge in [0.25, 0.3) is 0 Å². The van der Waals surface area contributed by atoms with Gasteiger partial charge in [-0.1, -0.05) is 0 Å². The van der Waals surface area contributed by atoms with Gasteiger partial charge in [0.2, 0.25) is 0 Å². The van der Waals surface area contributed by atoms with Crippen LogP contribution in [0, 0.1) is 0 Å². The van der Waals surface area contributed by atoms with E-state index in [4.69, 9.17) is 4.74 Å². The first-order chi connectivity index (χ1) is 10.8. The Balaban J connectivity index is 1.68. The smallest absolute Gasteiger partial charge is 0.410 e. The largest absolute Gasteiger partial charge is 0.444 e. The Labute approximate surface area is 135 Å². The molecule has 7 nitrogen and oxygen atoms in total. The molecule has 3 heterocycles. The lowest BCUT2D eigenvalue weighted by Gasteiger charge is -2.38. The van der Waals surface area contributed by atoms with Gasteiger partial charge in [0, 0.05) is 13.1 Å². The fraction of sp³-hybridized carbons (Fsp3) is 0.562. The molecule has 0 aromatic heterocycles. The Kier molecular flexibility index (Phi) is 3.97. The number of piperidine rings is 1. The van der Waals surface area contributed by atoms with Crippen LogP contribution in [-0.4, -0.2) is 52.4 Å². The van der Waals surface area contributed by atoms with Gasteiger partial charge in [0.05, 0.1) is 18.4 Å². The topological polar surface area (TPSA) is 66.7 Å². The average Bonchev–Trinajstić information content (AvgIpc) is 2.95. The second kappa shape index (κ2) is 5.81. The number of aliphatic imine (C=N–C) groups is 1. The van der Waals surface area contributed by atoms with Gasteiger partial charge >= 0.3 is 17.8 Å². The molecule has 0 aromatic carbocycles. The first-order valence-electron chi connectivity index (χ1n) is 7.95. The number of amidine groups is 1. The summed E-state index contributed by atoms with van der Waals surface area (Å²) in [7, 11) is 0. The summed E-state index contributed by atoms with van der Waals surface area (Å²) in [6.07, 6.45) is 8.57. The summed E-state index contributed by atoms with van der Waals surface area (Å²) in [5.74, 6) is 0.394. The van der Waals surface area contributed by atoms with E-state index in [1.165, 1.54) is 0 Å². The standard InChI is InChI=1S/C16H22N4O3/c1-16(2,3)23-15(22)19-7-4-5-12(11-19)20-10-9-18-8-6-17-13(18)14(20)21/h6,8-10,12H,4-5,7,11H2,1-3H3/p+1. The molecule has 1 fully saturated rings. The van der Waals surface area contributed by atoms with E-state index >= 15 is 0 Å². The number of nitrogens with zero attached hydrogens (tertiary/aromatic N) is 3. The number of carbonyl (C=O) groups is 2. The zero-order valence-corrected chi connectivity index (χ0v) is 13.8. The molecule has 0 bridgehead atoms. The maximum atomic E-state index is 12.6. The van der Waals surface area contributed by atoms with E-state index in [1.54, 1.807) is 22.2 Å². The van der Waals surface area contributed by atoms with Gasteiger partial charge in [-0.3, -0.25) is 9.69 Å². The van der Waals surface area contributed by atoms with Crippen molar-refractivity contribution >= 4 is 17.8 Å². The van der Waals surface area contributed by atoms with Crippen LogP contribution in [0.3, 0.4) is 0 Å². The summed E-state index contributed by atoms with van der Waals surface area (Å²) in [5, 5.41) is 0. The number of likely N-dealkylation sites (tertiary alicyclic amines) is 1. The number of ether oxygens (including phenoxy) is 1. The Bertz CT molecular complexity index is 603. The highest BCUT2D eigenvalue weighted by atomic mass is 16.6. The highest BCUT2D eigenvalue weighted by Crippen LogP contribution is 2.20. The quantitative estimate of drug-likeness (QED) is 0.764. The minimum absolute atomic E-state index is 0.0372. The van der Waals surface area contributed by atoms with Gasteiger partial charge in [0.1, 0.15) is 18.0 Å². The number of quaternary nitrogens is 1. The third kappa shape index (κ3) is 3.29. The third-order valence-electron chi connectivity index (χ3n) is 4.02. The summed E-state index contributed by atoms with van der Waals surface area (Å²) in [5.41, 5.74) is -0.515. The number of hydrogen-bond acceptors (Lipinski definition) is 4. The number of fused-ring (bicyclic) bond motifs is 1. The molecular weight excluding hydrogens is 296 g/mol. The van der Waals surface area contributed by atoms with Crippen molar-refractivity contribution in [1.29, 1.82) is 0 Å². The van der Waals surface area contributed by atoms with Gasteiger partial charge < -0.3 is 9.64 Å². The highest BCUT2D eigenvalue weighted by Gasteiger charge is 2.39. The van der Waals surface area contributed by atoms with Crippen molar-refractivity contribution in [1.82, 2.24) is 9.80 Å². The van der Waals surface area contributed by atoms with Crippen molar-refractivity contribution in [2.45, 2.75) is 45.3 Å².